The highest BCUT2D eigenvalue weighted by Crippen LogP contribution is 2.43. The van der Waals surface area contributed by atoms with Crippen LogP contribution in [0, 0.1) is 11.7 Å². The largest absolute Gasteiger partial charge is 0.375 e. The summed E-state index contributed by atoms with van der Waals surface area (Å²) in [6, 6.07) is 3.50. The van der Waals surface area contributed by atoms with Crippen LogP contribution >= 0.6 is 0 Å². The van der Waals surface area contributed by atoms with Gasteiger partial charge in [0.2, 0.25) is 0 Å². The molecule has 4 heteroatoms. The van der Waals surface area contributed by atoms with Crippen LogP contribution in [0.5, 0.6) is 0 Å². The Morgan fingerprint density at radius 2 is 2.14 bits per heavy atom. The van der Waals surface area contributed by atoms with Crippen LogP contribution in [0.3, 0.4) is 0 Å². The molecule has 2 fully saturated rings. The van der Waals surface area contributed by atoms with Crippen LogP contribution < -0.4 is 5.32 Å². The van der Waals surface area contributed by atoms with Gasteiger partial charge in [0.25, 0.3) is 0 Å². The van der Waals surface area contributed by atoms with Gasteiger partial charge in [0, 0.05) is 6.61 Å². The van der Waals surface area contributed by atoms with Crippen molar-refractivity contribution in [3.8, 4) is 0 Å². The van der Waals surface area contributed by atoms with E-state index >= 15 is 0 Å². The van der Waals surface area contributed by atoms with Gasteiger partial charge in [0.05, 0.1) is 23.5 Å². The van der Waals surface area contributed by atoms with E-state index in [0.717, 1.165) is 25.1 Å². The lowest BCUT2D eigenvalue weighted by molar-refractivity contribution is -0.122. The van der Waals surface area contributed by atoms with Crippen molar-refractivity contribution in [1.82, 2.24) is 10.3 Å². The topological polar surface area (TPSA) is 34.2 Å². The van der Waals surface area contributed by atoms with Gasteiger partial charge < -0.3 is 10.1 Å². The summed E-state index contributed by atoms with van der Waals surface area (Å²) in [6.07, 6.45) is 9.75. The van der Waals surface area contributed by atoms with E-state index in [4.69, 9.17) is 4.74 Å². The summed E-state index contributed by atoms with van der Waals surface area (Å²) in [5.74, 6) is 0.240. The van der Waals surface area contributed by atoms with E-state index in [2.05, 4.69) is 10.3 Å². The Morgan fingerprint density at radius 1 is 1.33 bits per heavy atom. The predicted octanol–water partition coefficient (Wildman–Crippen LogP) is 3.61. The zero-order valence-electron chi connectivity index (χ0n) is 12.8. The molecule has 1 aromatic heterocycles. The first kappa shape index (κ1) is 14.9. The molecule has 3 nitrogen and oxygen atoms in total. The number of nitrogens with one attached hydrogen (secondary N) is 1. The molecule has 0 aromatic carbocycles. The molecule has 1 saturated heterocycles. The molecule has 0 radical (unpaired) electrons. The molecular formula is C17H25FN2O. The lowest BCUT2D eigenvalue weighted by Crippen LogP contribution is -2.44. The van der Waals surface area contributed by atoms with Crippen LogP contribution in [0.4, 0.5) is 4.39 Å². The maximum Gasteiger partial charge on any atom is 0.141 e. The van der Waals surface area contributed by atoms with Crippen LogP contribution in [-0.4, -0.2) is 24.2 Å². The minimum Gasteiger partial charge on any atom is -0.375 e. The lowest BCUT2D eigenvalue weighted by atomic mass is 9.73. The fourth-order valence-corrected chi connectivity index (χ4v) is 4.09. The van der Waals surface area contributed by atoms with Gasteiger partial charge in [-0.25, -0.2) is 4.39 Å². The van der Waals surface area contributed by atoms with Crippen molar-refractivity contribution < 1.29 is 9.13 Å². The van der Waals surface area contributed by atoms with Crippen LogP contribution in [0.15, 0.2) is 18.3 Å². The molecule has 2 heterocycles. The number of nitrogens with zero attached hydrogens (tertiary/aromatic N) is 1. The third-order valence-corrected chi connectivity index (χ3v) is 5.15. The molecule has 1 aliphatic carbocycles. The van der Waals surface area contributed by atoms with Crippen molar-refractivity contribution in [3.05, 3.63) is 29.8 Å². The molecule has 2 atom stereocenters. The third-order valence-electron chi connectivity index (χ3n) is 5.15. The normalized spacial score (nSPS) is 26.7. The average Bonchev–Trinajstić information content (AvgIpc) is 2.51. The highest BCUT2D eigenvalue weighted by molar-refractivity contribution is 5.12. The number of ether oxygens (including phenoxy) is 1. The van der Waals surface area contributed by atoms with E-state index in [1.54, 1.807) is 6.07 Å². The smallest absolute Gasteiger partial charge is 0.141 e. The molecule has 3 rings (SSSR count). The van der Waals surface area contributed by atoms with Gasteiger partial charge in [-0.05, 0) is 50.8 Å². The maximum atomic E-state index is 13.1. The highest BCUT2D eigenvalue weighted by Gasteiger charge is 2.41. The maximum absolute atomic E-state index is 13.1. The van der Waals surface area contributed by atoms with E-state index < -0.39 is 0 Å². The van der Waals surface area contributed by atoms with Gasteiger partial charge in [0.1, 0.15) is 5.82 Å². The number of halogens is 1. The van der Waals surface area contributed by atoms with Gasteiger partial charge in [-0.1, -0.05) is 19.3 Å². The number of aromatic nitrogens is 1. The van der Waals surface area contributed by atoms with Crippen molar-refractivity contribution in [3.63, 3.8) is 0 Å². The highest BCUT2D eigenvalue weighted by atomic mass is 19.1. The van der Waals surface area contributed by atoms with Crippen LogP contribution in [-0.2, 0) is 4.74 Å². The summed E-state index contributed by atoms with van der Waals surface area (Å²) in [5.41, 5.74) is 1.03. The molecule has 2 unspecified atom stereocenters. The third kappa shape index (κ3) is 3.27. The minimum atomic E-state index is -0.274. The molecule has 0 amide bonds. The van der Waals surface area contributed by atoms with E-state index in [-0.39, 0.29) is 17.5 Å². The Kier molecular flexibility index (Phi) is 4.55. The second-order valence-electron chi connectivity index (χ2n) is 6.51. The Labute approximate surface area is 126 Å². The van der Waals surface area contributed by atoms with Crippen molar-refractivity contribution in [1.29, 1.82) is 0 Å². The molecule has 1 aliphatic heterocycles. The zero-order valence-corrected chi connectivity index (χ0v) is 12.8. The van der Waals surface area contributed by atoms with E-state index in [1.165, 1.54) is 44.4 Å². The SMILES string of the molecule is CNC(c1ccc(F)cn1)C1CCOC2(CCCCC2)C1. The first-order valence-corrected chi connectivity index (χ1v) is 8.15. The first-order valence-electron chi connectivity index (χ1n) is 8.15. The monoisotopic (exact) mass is 292 g/mol. The number of rotatable bonds is 3. The van der Waals surface area contributed by atoms with Gasteiger partial charge in [-0.15, -0.1) is 0 Å². The Morgan fingerprint density at radius 3 is 2.81 bits per heavy atom. The number of pyridine rings is 1. The van der Waals surface area contributed by atoms with Crippen LogP contribution in [0.2, 0.25) is 0 Å². The van der Waals surface area contributed by atoms with Gasteiger partial charge >= 0.3 is 0 Å². The summed E-state index contributed by atoms with van der Waals surface area (Å²) in [7, 11) is 1.97. The fraction of sp³-hybridized carbons (Fsp3) is 0.706. The van der Waals surface area contributed by atoms with E-state index in [9.17, 15) is 4.39 Å². The van der Waals surface area contributed by atoms with Crippen molar-refractivity contribution in [2.45, 2.75) is 56.6 Å². The summed E-state index contributed by atoms with van der Waals surface area (Å²) in [5, 5.41) is 3.39. The van der Waals surface area contributed by atoms with Crippen molar-refractivity contribution in [2.75, 3.05) is 13.7 Å². The van der Waals surface area contributed by atoms with Crippen molar-refractivity contribution in [2.24, 2.45) is 5.92 Å². The molecule has 1 N–H and O–H groups in total. The molecule has 1 spiro atoms. The Hall–Kier alpha value is -1.00. The molecular weight excluding hydrogens is 267 g/mol. The van der Waals surface area contributed by atoms with Gasteiger partial charge in [-0.2, -0.15) is 0 Å². The van der Waals surface area contributed by atoms with Crippen molar-refractivity contribution >= 4 is 0 Å². The van der Waals surface area contributed by atoms with E-state index in [0.29, 0.717) is 5.92 Å². The van der Waals surface area contributed by atoms with Crippen LogP contribution in [0.1, 0.15) is 56.7 Å². The zero-order chi connectivity index (χ0) is 14.7. The molecule has 2 aliphatic rings. The van der Waals surface area contributed by atoms with E-state index in [1.807, 2.05) is 7.05 Å². The molecule has 1 saturated carbocycles. The quantitative estimate of drug-likeness (QED) is 0.924. The second kappa shape index (κ2) is 6.41. The molecule has 21 heavy (non-hydrogen) atoms. The Bertz CT molecular complexity index is 451. The first-order chi connectivity index (χ1) is 10.2. The second-order valence-corrected chi connectivity index (χ2v) is 6.51. The summed E-state index contributed by atoms with van der Waals surface area (Å²) >= 11 is 0. The number of hydrogen-bond donors (Lipinski definition) is 1. The van der Waals surface area contributed by atoms with Gasteiger partial charge in [-0.3, -0.25) is 4.98 Å². The Balaban J connectivity index is 1.75. The predicted molar refractivity (Wildman–Crippen MR) is 80.5 cm³/mol. The molecule has 0 bridgehead atoms. The summed E-state index contributed by atoms with van der Waals surface area (Å²) in [6.45, 7) is 0.837. The lowest BCUT2D eigenvalue weighted by Gasteiger charge is -2.45. The summed E-state index contributed by atoms with van der Waals surface area (Å²) in [4.78, 5) is 4.28. The summed E-state index contributed by atoms with van der Waals surface area (Å²) < 4.78 is 19.3. The molecule has 1 aromatic rings. The van der Waals surface area contributed by atoms with Crippen LogP contribution in [0.25, 0.3) is 0 Å². The fourth-order valence-electron chi connectivity index (χ4n) is 4.09. The van der Waals surface area contributed by atoms with Gasteiger partial charge in [0.15, 0.2) is 0 Å². The standard InChI is InChI=1S/C17H25FN2O/c1-19-16(15-6-5-14(18)12-20-15)13-7-10-21-17(11-13)8-3-2-4-9-17/h5-6,12-13,16,19H,2-4,7-11H2,1H3. The molecule has 116 valence electrons. The average molecular weight is 292 g/mol. The number of hydrogen-bond acceptors (Lipinski definition) is 3. The minimum absolute atomic E-state index is 0.0935.